The van der Waals surface area contributed by atoms with Crippen LogP contribution in [0.1, 0.15) is 13.3 Å². The van der Waals surface area contributed by atoms with Crippen LogP contribution in [0.5, 0.6) is 0 Å². The number of nitrogens with one attached hydrogen (secondary N) is 1. The highest BCUT2D eigenvalue weighted by Gasteiger charge is 2.34. The number of anilines is 1. The Morgan fingerprint density at radius 3 is 2.89 bits per heavy atom. The summed E-state index contributed by atoms with van der Waals surface area (Å²) in [5, 5.41) is 2.63. The molecule has 0 saturated carbocycles. The van der Waals surface area contributed by atoms with E-state index in [1.165, 1.54) is 0 Å². The van der Waals surface area contributed by atoms with Crippen molar-refractivity contribution in [2.45, 2.75) is 24.3 Å². The molecule has 1 aromatic carbocycles. The van der Waals surface area contributed by atoms with Crippen molar-refractivity contribution in [3.63, 3.8) is 0 Å². The molecule has 1 heterocycles. The van der Waals surface area contributed by atoms with Gasteiger partial charge in [-0.05, 0) is 30.9 Å². The zero-order valence-corrected chi connectivity index (χ0v) is 11.3. The van der Waals surface area contributed by atoms with Crippen molar-refractivity contribution in [3.05, 3.63) is 24.3 Å². The summed E-state index contributed by atoms with van der Waals surface area (Å²) < 4.78 is 0. The maximum absolute atomic E-state index is 12.0. The summed E-state index contributed by atoms with van der Waals surface area (Å²) >= 11 is 1.62. The van der Waals surface area contributed by atoms with Crippen LogP contribution < -0.4 is 10.2 Å². The Labute approximate surface area is 111 Å². The number of carbonyl (C=O) groups excluding carboxylic acids is 2. The fourth-order valence-electron chi connectivity index (χ4n) is 2.11. The third kappa shape index (κ3) is 2.36. The topological polar surface area (TPSA) is 49.4 Å². The van der Waals surface area contributed by atoms with Gasteiger partial charge in [0.15, 0.2) is 0 Å². The second-order valence-electron chi connectivity index (χ2n) is 4.11. The molecule has 5 heteroatoms. The molecule has 1 saturated heterocycles. The van der Waals surface area contributed by atoms with E-state index in [4.69, 9.17) is 0 Å². The van der Waals surface area contributed by atoms with Gasteiger partial charge in [0.2, 0.25) is 11.8 Å². The third-order valence-electron chi connectivity index (χ3n) is 3.02. The molecule has 18 heavy (non-hydrogen) atoms. The minimum Gasteiger partial charge on any atom is -0.345 e. The second kappa shape index (κ2) is 5.44. The van der Waals surface area contributed by atoms with Crippen LogP contribution in [0.15, 0.2) is 29.2 Å². The summed E-state index contributed by atoms with van der Waals surface area (Å²) in [5.41, 5.74) is 0.800. The monoisotopic (exact) mass is 264 g/mol. The maximum atomic E-state index is 12.0. The zero-order valence-electron chi connectivity index (χ0n) is 10.5. The summed E-state index contributed by atoms with van der Waals surface area (Å²) in [6.45, 7) is 1.99. The van der Waals surface area contributed by atoms with E-state index in [0.29, 0.717) is 6.42 Å². The van der Waals surface area contributed by atoms with Crippen LogP contribution in [0.2, 0.25) is 0 Å². The van der Waals surface area contributed by atoms with E-state index in [0.717, 1.165) is 10.6 Å². The Morgan fingerprint density at radius 1 is 1.44 bits per heavy atom. The van der Waals surface area contributed by atoms with Gasteiger partial charge in [-0.15, -0.1) is 11.8 Å². The second-order valence-corrected chi connectivity index (χ2v) is 4.99. The van der Waals surface area contributed by atoms with Crippen molar-refractivity contribution in [2.24, 2.45) is 0 Å². The highest BCUT2D eigenvalue weighted by molar-refractivity contribution is 7.98. The van der Waals surface area contributed by atoms with Crippen LogP contribution in [-0.2, 0) is 9.59 Å². The number of hydrogen-bond acceptors (Lipinski definition) is 3. The first-order chi connectivity index (χ1) is 8.67. The quantitative estimate of drug-likeness (QED) is 0.845. The van der Waals surface area contributed by atoms with E-state index in [2.05, 4.69) is 5.32 Å². The zero-order chi connectivity index (χ0) is 13.1. The molecular formula is C13H16N2O2S. The van der Waals surface area contributed by atoms with Crippen molar-refractivity contribution in [3.8, 4) is 0 Å². The fraction of sp³-hybridized carbons (Fsp3) is 0.385. The van der Waals surface area contributed by atoms with Gasteiger partial charge in [-0.2, -0.15) is 0 Å². The Bertz CT molecular complexity index is 476. The number of thioether (sulfide) groups is 1. The molecule has 1 N–H and O–H groups in total. The Balaban J connectivity index is 2.38. The van der Waals surface area contributed by atoms with Gasteiger partial charge in [0.25, 0.3) is 0 Å². The normalized spacial score (nSPS) is 19.9. The summed E-state index contributed by atoms with van der Waals surface area (Å²) in [5.74, 6) is -0.133. The molecule has 1 fully saturated rings. The van der Waals surface area contributed by atoms with Gasteiger partial charge in [-0.3, -0.25) is 14.5 Å². The Hall–Kier alpha value is -1.49. The Kier molecular flexibility index (Phi) is 3.91. The summed E-state index contributed by atoms with van der Waals surface area (Å²) in [4.78, 5) is 26.5. The number of amides is 2. The Morgan fingerprint density at radius 2 is 2.22 bits per heavy atom. The summed E-state index contributed by atoms with van der Waals surface area (Å²) in [7, 11) is 0. The van der Waals surface area contributed by atoms with E-state index in [-0.39, 0.29) is 18.4 Å². The standard InChI is InChI=1S/C13H16N2O2S/c1-3-11-13(17)14-8-12(16)15(11)9-5-4-6-10(7-9)18-2/h4-7,11H,3,8H2,1-2H3,(H,14,17). The number of piperazine rings is 1. The highest BCUT2D eigenvalue weighted by atomic mass is 32.2. The lowest BCUT2D eigenvalue weighted by atomic mass is 10.1. The summed E-state index contributed by atoms with van der Waals surface area (Å²) in [6.07, 6.45) is 2.60. The largest absolute Gasteiger partial charge is 0.345 e. The molecule has 0 radical (unpaired) electrons. The average molecular weight is 264 g/mol. The molecule has 0 aromatic heterocycles. The lowest BCUT2D eigenvalue weighted by Gasteiger charge is -2.34. The van der Waals surface area contributed by atoms with E-state index < -0.39 is 6.04 Å². The molecule has 1 aromatic rings. The molecule has 1 atom stereocenters. The third-order valence-corrected chi connectivity index (χ3v) is 3.74. The van der Waals surface area contributed by atoms with Gasteiger partial charge >= 0.3 is 0 Å². The van der Waals surface area contributed by atoms with Crippen molar-refractivity contribution in [1.29, 1.82) is 0 Å². The molecule has 1 aliphatic rings. The van der Waals surface area contributed by atoms with Crippen LogP contribution in [0.25, 0.3) is 0 Å². The van der Waals surface area contributed by atoms with Crippen LogP contribution in [0.4, 0.5) is 5.69 Å². The molecule has 0 spiro atoms. The number of carbonyl (C=O) groups is 2. The van der Waals surface area contributed by atoms with Gasteiger partial charge in [-0.1, -0.05) is 13.0 Å². The minimum absolute atomic E-state index is 0.0558. The van der Waals surface area contributed by atoms with Gasteiger partial charge in [-0.25, -0.2) is 0 Å². The number of rotatable bonds is 3. The van der Waals surface area contributed by atoms with Gasteiger partial charge in [0, 0.05) is 10.6 Å². The fourth-order valence-corrected chi connectivity index (χ4v) is 2.56. The average Bonchev–Trinajstić information content (AvgIpc) is 2.41. The summed E-state index contributed by atoms with van der Waals surface area (Å²) in [6, 6.07) is 7.32. The molecule has 0 bridgehead atoms. The van der Waals surface area contributed by atoms with E-state index >= 15 is 0 Å². The minimum atomic E-state index is -0.400. The first kappa shape index (κ1) is 13.0. The highest BCUT2D eigenvalue weighted by Crippen LogP contribution is 2.25. The van der Waals surface area contributed by atoms with Crippen LogP contribution >= 0.6 is 11.8 Å². The van der Waals surface area contributed by atoms with Crippen LogP contribution in [0, 0.1) is 0 Å². The van der Waals surface area contributed by atoms with Crippen LogP contribution in [-0.4, -0.2) is 30.7 Å². The molecule has 1 aliphatic heterocycles. The molecule has 2 amide bonds. The van der Waals surface area contributed by atoms with Crippen LogP contribution in [0.3, 0.4) is 0 Å². The van der Waals surface area contributed by atoms with Crippen molar-refractivity contribution in [2.75, 3.05) is 17.7 Å². The smallest absolute Gasteiger partial charge is 0.247 e. The number of hydrogen-bond donors (Lipinski definition) is 1. The molecule has 0 aliphatic carbocycles. The van der Waals surface area contributed by atoms with E-state index in [1.807, 2.05) is 37.4 Å². The maximum Gasteiger partial charge on any atom is 0.247 e. The lowest BCUT2D eigenvalue weighted by molar-refractivity contribution is -0.131. The number of nitrogens with zero attached hydrogens (tertiary/aromatic N) is 1. The first-order valence-electron chi connectivity index (χ1n) is 5.91. The predicted molar refractivity (Wildman–Crippen MR) is 72.8 cm³/mol. The van der Waals surface area contributed by atoms with Crippen molar-refractivity contribution in [1.82, 2.24) is 5.32 Å². The van der Waals surface area contributed by atoms with E-state index in [9.17, 15) is 9.59 Å². The lowest BCUT2D eigenvalue weighted by Crippen LogP contribution is -2.58. The molecule has 96 valence electrons. The molecule has 4 nitrogen and oxygen atoms in total. The first-order valence-corrected chi connectivity index (χ1v) is 7.13. The SMILES string of the molecule is CCC1C(=O)NCC(=O)N1c1cccc(SC)c1. The van der Waals surface area contributed by atoms with Gasteiger partial charge in [0.1, 0.15) is 6.04 Å². The molecule has 2 rings (SSSR count). The van der Waals surface area contributed by atoms with Crippen molar-refractivity contribution < 1.29 is 9.59 Å². The van der Waals surface area contributed by atoms with Crippen molar-refractivity contribution >= 4 is 29.3 Å². The predicted octanol–water partition coefficient (Wildman–Crippen LogP) is 1.65. The number of benzene rings is 1. The molecule has 1 unspecified atom stereocenters. The van der Waals surface area contributed by atoms with Gasteiger partial charge in [0.05, 0.1) is 6.54 Å². The van der Waals surface area contributed by atoms with Gasteiger partial charge < -0.3 is 5.32 Å². The van der Waals surface area contributed by atoms with E-state index in [1.54, 1.807) is 16.7 Å². The molecular weight excluding hydrogens is 248 g/mol.